The Kier molecular flexibility index (Phi) is 5.80. The summed E-state index contributed by atoms with van der Waals surface area (Å²) in [6, 6.07) is 8.25. The molecule has 3 rings (SSSR count). The van der Waals surface area contributed by atoms with Gasteiger partial charge < -0.3 is 5.32 Å². The van der Waals surface area contributed by atoms with E-state index < -0.39 is 0 Å². The van der Waals surface area contributed by atoms with Crippen molar-refractivity contribution in [1.82, 2.24) is 14.7 Å². The molecule has 0 amide bonds. The van der Waals surface area contributed by atoms with Gasteiger partial charge in [-0.3, -0.25) is 4.90 Å². The van der Waals surface area contributed by atoms with Gasteiger partial charge in [-0.2, -0.15) is 0 Å². The lowest BCUT2D eigenvalue weighted by atomic mass is 10.1. The summed E-state index contributed by atoms with van der Waals surface area (Å²) in [6.07, 6.45) is 6.64. The van der Waals surface area contributed by atoms with Gasteiger partial charge in [-0.1, -0.05) is 48.8 Å². The first-order chi connectivity index (χ1) is 11.2. The largest absolute Gasteiger partial charge is 0.330 e. The molecule has 0 radical (unpaired) electrons. The zero-order valence-corrected chi connectivity index (χ0v) is 15.3. The highest BCUT2D eigenvalue weighted by Crippen LogP contribution is 2.23. The zero-order chi connectivity index (χ0) is 16.1. The number of aryl methyl sites for hydroxylation is 1. The summed E-state index contributed by atoms with van der Waals surface area (Å²) in [5.41, 5.74) is 2.30. The Morgan fingerprint density at radius 3 is 2.57 bits per heavy atom. The lowest BCUT2D eigenvalue weighted by molar-refractivity contribution is 0.189. The first-order valence-electron chi connectivity index (χ1n) is 8.35. The van der Waals surface area contributed by atoms with Crippen molar-refractivity contribution in [3.05, 3.63) is 33.8 Å². The molecule has 1 aliphatic rings. The van der Waals surface area contributed by atoms with Gasteiger partial charge in [-0.15, -0.1) is 5.10 Å². The Morgan fingerprint density at radius 2 is 1.83 bits per heavy atom. The van der Waals surface area contributed by atoms with Crippen LogP contribution in [0, 0.1) is 10.9 Å². The maximum absolute atomic E-state index is 5.50. The predicted molar refractivity (Wildman–Crippen MR) is 100 cm³/mol. The summed E-state index contributed by atoms with van der Waals surface area (Å²) in [4.78, 5) is 2.48. The molecule has 2 heterocycles. The molecule has 1 N–H and O–H groups in total. The summed E-state index contributed by atoms with van der Waals surface area (Å²) in [5, 5.41) is 8.94. The van der Waals surface area contributed by atoms with E-state index in [9.17, 15) is 0 Å². The normalized spacial score (nSPS) is 16.7. The third-order valence-electron chi connectivity index (χ3n) is 4.28. The van der Waals surface area contributed by atoms with Gasteiger partial charge in [0.15, 0.2) is 3.95 Å². The van der Waals surface area contributed by atoms with Gasteiger partial charge in [0.05, 0.1) is 6.67 Å². The van der Waals surface area contributed by atoms with Crippen molar-refractivity contribution in [3.8, 4) is 0 Å². The number of rotatable bonds is 4. The highest BCUT2D eigenvalue weighted by Gasteiger charge is 2.11. The van der Waals surface area contributed by atoms with E-state index in [1.165, 1.54) is 37.7 Å². The molecule has 0 spiro atoms. The fourth-order valence-corrected chi connectivity index (χ4v) is 3.92. The molecule has 1 aromatic heterocycles. The smallest absolute Gasteiger partial charge is 0.209 e. The number of aromatic nitrogens is 2. The average molecular weight is 349 g/mol. The lowest BCUT2D eigenvalue weighted by Crippen LogP contribution is -2.30. The second-order valence-corrected chi connectivity index (χ2v) is 7.76. The Labute approximate surface area is 147 Å². The number of anilines is 2. The van der Waals surface area contributed by atoms with E-state index in [0.29, 0.717) is 0 Å². The number of likely N-dealkylation sites (tertiary alicyclic amines) is 1. The van der Waals surface area contributed by atoms with Crippen LogP contribution >= 0.6 is 23.6 Å². The second-order valence-electron chi connectivity index (χ2n) is 6.14. The lowest BCUT2D eigenvalue weighted by Gasteiger charge is -2.23. The number of benzene rings is 1. The van der Waals surface area contributed by atoms with Crippen molar-refractivity contribution in [2.75, 3.05) is 18.4 Å². The van der Waals surface area contributed by atoms with Crippen LogP contribution < -0.4 is 5.32 Å². The first kappa shape index (κ1) is 16.6. The van der Waals surface area contributed by atoms with Crippen LogP contribution in [-0.4, -0.2) is 27.8 Å². The summed E-state index contributed by atoms with van der Waals surface area (Å²) in [7, 11) is 0. The van der Waals surface area contributed by atoms with Gasteiger partial charge in [0.1, 0.15) is 0 Å². The molecule has 0 unspecified atom stereocenters. The van der Waals surface area contributed by atoms with Crippen molar-refractivity contribution in [2.24, 2.45) is 0 Å². The molecule has 1 fully saturated rings. The topological polar surface area (TPSA) is 33.1 Å². The molecule has 23 heavy (non-hydrogen) atoms. The highest BCUT2D eigenvalue weighted by atomic mass is 32.1. The van der Waals surface area contributed by atoms with Crippen LogP contribution in [0.5, 0.6) is 0 Å². The first-order valence-corrected chi connectivity index (χ1v) is 9.58. The van der Waals surface area contributed by atoms with E-state index in [1.807, 2.05) is 16.8 Å². The third kappa shape index (κ3) is 4.62. The molecule has 2 aromatic rings. The fourth-order valence-electron chi connectivity index (χ4n) is 2.92. The van der Waals surface area contributed by atoms with E-state index >= 15 is 0 Å². The Balaban J connectivity index is 1.68. The van der Waals surface area contributed by atoms with Crippen molar-refractivity contribution < 1.29 is 0 Å². The fraction of sp³-hybridized carbons (Fsp3) is 0.529. The monoisotopic (exact) mass is 348 g/mol. The van der Waals surface area contributed by atoms with Crippen LogP contribution in [0.1, 0.15) is 37.7 Å². The van der Waals surface area contributed by atoms with E-state index in [1.54, 1.807) is 11.3 Å². The predicted octanol–water partition coefficient (Wildman–Crippen LogP) is 4.95. The quantitative estimate of drug-likeness (QED) is 0.793. The van der Waals surface area contributed by atoms with Crippen molar-refractivity contribution in [1.29, 1.82) is 0 Å². The summed E-state index contributed by atoms with van der Waals surface area (Å²) >= 11 is 7.05. The summed E-state index contributed by atoms with van der Waals surface area (Å²) in [5.74, 6) is 0. The minimum atomic E-state index is 0.810. The second kappa shape index (κ2) is 8.04. The summed E-state index contributed by atoms with van der Waals surface area (Å²) in [6.45, 7) is 5.21. The summed E-state index contributed by atoms with van der Waals surface area (Å²) < 4.78 is 2.80. The van der Waals surface area contributed by atoms with Crippen LogP contribution in [0.2, 0.25) is 0 Å². The molecule has 6 heteroatoms. The molecule has 1 aliphatic heterocycles. The number of nitrogens with one attached hydrogen (secondary N) is 1. The van der Waals surface area contributed by atoms with E-state index in [4.69, 9.17) is 12.2 Å². The van der Waals surface area contributed by atoms with Crippen LogP contribution in [0.3, 0.4) is 0 Å². The van der Waals surface area contributed by atoms with E-state index in [-0.39, 0.29) is 0 Å². The molecule has 1 saturated heterocycles. The maximum atomic E-state index is 5.50. The zero-order valence-electron chi connectivity index (χ0n) is 13.6. The van der Waals surface area contributed by atoms with Crippen LogP contribution in [0.15, 0.2) is 24.3 Å². The standard InChI is InChI=1S/C17H24N4S2/c1-14-9-5-6-10-15(14)18-16-19-21(17(22)23-16)13-20-11-7-3-2-4-8-12-20/h5-6,9-10H,2-4,7-8,11-13H2,1H3,(H,18,19). The Hall–Kier alpha value is -1.24. The average Bonchev–Trinajstić information content (AvgIpc) is 2.84. The van der Waals surface area contributed by atoms with Gasteiger partial charge in [0.25, 0.3) is 0 Å². The minimum Gasteiger partial charge on any atom is -0.330 e. The van der Waals surface area contributed by atoms with E-state index in [2.05, 4.69) is 34.4 Å². The van der Waals surface area contributed by atoms with Gasteiger partial charge in [0.2, 0.25) is 5.13 Å². The molecule has 124 valence electrons. The van der Waals surface area contributed by atoms with Gasteiger partial charge in [0, 0.05) is 5.69 Å². The SMILES string of the molecule is Cc1ccccc1Nc1nn(CN2CCCCCCC2)c(=S)s1. The van der Waals surface area contributed by atoms with Gasteiger partial charge >= 0.3 is 0 Å². The van der Waals surface area contributed by atoms with Crippen molar-refractivity contribution >= 4 is 34.4 Å². The molecule has 0 saturated carbocycles. The number of para-hydroxylation sites is 1. The molecule has 0 aliphatic carbocycles. The van der Waals surface area contributed by atoms with Crippen LogP contribution in [0.4, 0.5) is 10.8 Å². The number of nitrogens with zero attached hydrogens (tertiary/aromatic N) is 3. The molecule has 1 aromatic carbocycles. The molecule has 4 nitrogen and oxygen atoms in total. The number of hydrogen-bond donors (Lipinski definition) is 1. The molecule has 0 bridgehead atoms. The molecular formula is C17H24N4S2. The van der Waals surface area contributed by atoms with Crippen molar-refractivity contribution in [3.63, 3.8) is 0 Å². The van der Waals surface area contributed by atoms with Crippen LogP contribution in [-0.2, 0) is 6.67 Å². The minimum absolute atomic E-state index is 0.810. The van der Waals surface area contributed by atoms with Crippen LogP contribution in [0.25, 0.3) is 0 Å². The maximum Gasteiger partial charge on any atom is 0.209 e. The van der Waals surface area contributed by atoms with E-state index in [0.717, 1.165) is 34.5 Å². The highest BCUT2D eigenvalue weighted by molar-refractivity contribution is 7.73. The Morgan fingerprint density at radius 1 is 1.13 bits per heavy atom. The molecule has 0 atom stereocenters. The van der Waals surface area contributed by atoms with Gasteiger partial charge in [-0.05, 0) is 56.7 Å². The number of hydrogen-bond acceptors (Lipinski definition) is 5. The molecular weight excluding hydrogens is 324 g/mol. The van der Waals surface area contributed by atoms with Crippen molar-refractivity contribution in [2.45, 2.75) is 45.7 Å². The third-order valence-corrected chi connectivity index (χ3v) is 5.50. The van der Waals surface area contributed by atoms with Gasteiger partial charge in [-0.25, -0.2) is 4.68 Å². The Bertz CT molecular complexity index is 684.